The van der Waals surface area contributed by atoms with Gasteiger partial charge in [0.05, 0.1) is 11.2 Å². The van der Waals surface area contributed by atoms with Gasteiger partial charge in [-0.3, -0.25) is 4.79 Å². The number of carboxylic acids is 1. The Kier molecular flexibility index (Phi) is 7.10. The van der Waals surface area contributed by atoms with Crippen LogP contribution in [0.3, 0.4) is 0 Å². The number of ether oxygens (including phenoxy) is 1. The van der Waals surface area contributed by atoms with Gasteiger partial charge in [0.25, 0.3) is 0 Å². The highest BCUT2D eigenvalue weighted by atomic mass is 19.1. The lowest BCUT2D eigenvalue weighted by Gasteiger charge is -2.28. The topological polar surface area (TPSA) is 92.0 Å². The SMILES string of the molecule is CCOCCCN(CCCO)c1c(F)cc2c(=O)c(C(=O)O)cn(C3CC3)c2c1C. The van der Waals surface area contributed by atoms with Crippen LogP contribution >= 0.6 is 0 Å². The van der Waals surface area contributed by atoms with Crippen LogP contribution in [0.5, 0.6) is 0 Å². The van der Waals surface area contributed by atoms with Gasteiger partial charge in [-0.15, -0.1) is 0 Å². The van der Waals surface area contributed by atoms with Gasteiger partial charge < -0.3 is 24.4 Å². The molecule has 0 unspecified atom stereocenters. The Hall–Kier alpha value is -2.45. The van der Waals surface area contributed by atoms with Crippen molar-refractivity contribution in [2.45, 2.75) is 45.6 Å². The van der Waals surface area contributed by atoms with E-state index in [0.717, 1.165) is 12.8 Å². The monoisotopic (exact) mass is 420 g/mol. The van der Waals surface area contributed by atoms with Gasteiger partial charge in [-0.1, -0.05) is 0 Å². The average molecular weight is 420 g/mol. The molecule has 2 N–H and O–H groups in total. The Morgan fingerprint density at radius 3 is 2.63 bits per heavy atom. The molecule has 1 heterocycles. The Balaban J connectivity index is 2.14. The first-order valence-electron chi connectivity index (χ1n) is 10.5. The predicted molar refractivity (Wildman–Crippen MR) is 113 cm³/mol. The number of aromatic carboxylic acids is 1. The van der Waals surface area contributed by atoms with Crippen molar-refractivity contribution >= 4 is 22.6 Å². The van der Waals surface area contributed by atoms with Crippen molar-refractivity contribution in [1.82, 2.24) is 4.57 Å². The molecule has 0 radical (unpaired) electrons. The molecule has 0 saturated heterocycles. The van der Waals surface area contributed by atoms with E-state index in [1.807, 2.05) is 16.4 Å². The number of nitrogens with zero attached hydrogens (tertiary/aromatic N) is 2. The van der Waals surface area contributed by atoms with Crippen LogP contribution < -0.4 is 10.3 Å². The summed E-state index contributed by atoms with van der Waals surface area (Å²) in [5.41, 5.74) is 0.586. The molecule has 7 nitrogen and oxygen atoms in total. The number of carboxylic acid groups (broad SMARTS) is 1. The largest absolute Gasteiger partial charge is 0.477 e. The van der Waals surface area contributed by atoms with Crippen molar-refractivity contribution in [1.29, 1.82) is 0 Å². The van der Waals surface area contributed by atoms with Gasteiger partial charge in [0, 0.05) is 50.5 Å². The summed E-state index contributed by atoms with van der Waals surface area (Å²) < 4.78 is 22.5. The molecule has 1 aromatic carbocycles. The normalized spacial score (nSPS) is 13.7. The fourth-order valence-electron chi connectivity index (χ4n) is 3.95. The van der Waals surface area contributed by atoms with Crippen LogP contribution in [0.1, 0.15) is 54.6 Å². The van der Waals surface area contributed by atoms with E-state index < -0.39 is 17.2 Å². The second-order valence-electron chi connectivity index (χ2n) is 7.66. The summed E-state index contributed by atoms with van der Waals surface area (Å²) in [6.45, 7) is 5.85. The number of rotatable bonds is 11. The summed E-state index contributed by atoms with van der Waals surface area (Å²) in [7, 11) is 0. The maximum Gasteiger partial charge on any atom is 0.341 e. The van der Waals surface area contributed by atoms with Crippen LogP contribution in [0.25, 0.3) is 10.9 Å². The van der Waals surface area contributed by atoms with Crippen molar-refractivity contribution in [2.75, 3.05) is 37.8 Å². The molecule has 0 bridgehead atoms. The lowest BCUT2D eigenvalue weighted by Crippen LogP contribution is -2.29. The van der Waals surface area contributed by atoms with Gasteiger partial charge >= 0.3 is 5.97 Å². The molecule has 1 fully saturated rings. The van der Waals surface area contributed by atoms with Gasteiger partial charge in [0.2, 0.25) is 5.43 Å². The van der Waals surface area contributed by atoms with Gasteiger partial charge in [-0.2, -0.15) is 0 Å². The number of carbonyl (C=O) groups is 1. The van der Waals surface area contributed by atoms with Crippen molar-refractivity contribution in [2.24, 2.45) is 0 Å². The summed E-state index contributed by atoms with van der Waals surface area (Å²) in [6, 6.07) is 1.28. The minimum absolute atomic E-state index is 0.00897. The molecule has 0 amide bonds. The number of pyridine rings is 1. The quantitative estimate of drug-likeness (QED) is 0.543. The summed E-state index contributed by atoms with van der Waals surface area (Å²) in [6.07, 6.45) is 4.37. The van der Waals surface area contributed by atoms with E-state index >= 15 is 4.39 Å². The molecular weight excluding hydrogens is 391 g/mol. The highest BCUT2D eigenvalue weighted by Crippen LogP contribution is 2.40. The Morgan fingerprint density at radius 2 is 2.03 bits per heavy atom. The molecule has 0 atom stereocenters. The van der Waals surface area contributed by atoms with E-state index in [1.54, 1.807) is 6.92 Å². The number of aryl methyl sites for hydroxylation is 1. The highest BCUT2D eigenvalue weighted by molar-refractivity contribution is 5.95. The van der Waals surface area contributed by atoms with E-state index in [1.165, 1.54) is 12.3 Å². The summed E-state index contributed by atoms with van der Waals surface area (Å²) in [5.74, 6) is -1.87. The molecule has 1 saturated carbocycles. The summed E-state index contributed by atoms with van der Waals surface area (Å²) in [5, 5.41) is 18.8. The third-order valence-electron chi connectivity index (χ3n) is 5.47. The fraction of sp³-hybridized carbons (Fsp3) is 0.545. The van der Waals surface area contributed by atoms with Gasteiger partial charge in [-0.25, -0.2) is 9.18 Å². The standard InChI is InChI=1S/C22H29FN2O5/c1-3-30-11-5-9-24(8-4-10-26)20-14(2)19-16(12-18(20)23)21(27)17(22(28)29)13-25(19)15-6-7-15/h12-13,15,26H,3-11H2,1-2H3,(H,28,29). The zero-order valence-electron chi connectivity index (χ0n) is 17.5. The van der Waals surface area contributed by atoms with Gasteiger partial charge in [0.1, 0.15) is 11.4 Å². The van der Waals surface area contributed by atoms with E-state index in [2.05, 4.69) is 0 Å². The minimum atomic E-state index is -1.31. The lowest BCUT2D eigenvalue weighted by molar-refractivity contribution is 0.0695. The van der Waals surface area contributed by atoms with Crippen LogP contribution in [0.15, 0.2) is 17.1 Å². The lowest BCUT2D eigenvalue weighted by atomic mass is 10.0. The molecule has 0 aliphatic heterocycles. The first-order chi connectivity index (χ1) is 14.4. The second kappa shape index (κ2) is 9.57. The fourth-order valence-corrected chi connectivity index (χ4v) is 3.95. The third kappa shape index (κ3) is 4.49. The molecule has 1 aromatic heterocycles. The molecule has 1 aliphatic carbocycles. The number of benzene rings is 1. The Bertz CT molecular complexity index is 984. The Labute approximate surface area is 174 Å². The number of aromatic nitrogens is 1. The van der Waals surface area contributed by atoms with Crippen LogP contribution in [0, 0.1) is 12.7 Å². The molecule has 3 rings (SSSR count). The van der Waals surface area contributed by atoms with Crippen molar-refractivity contribution in [3.8, 4) is 0 Å². The number of anilines is 1. The second-order valence-corrected chi connectivity index (χ2v) is 7.66. The van der Waals surface area contributed by atoms with Gasteiger partial charge in [0.15, 0.2) is 0 Å². The predicted octanol–water partition coefficient (Wildman–Crippen LogP) is 3.10. The maximum absolute atomic E-state index is 15.3. The van der Waals surface area contributed by atoms with E-state index in [9.17, 15) is 19.8 Å². The van der Waals surface area contributed by atoms with Crippen LogP contribution in [0.2, 0.25) is 0 Å². The van der Waals surface area contributed by atoms with E-state index in [0.29, 0.717) is 55.9 Å². The van der Waals surface area contributed by atoms with Crippen LogP contribution in [-0.2, 0) is 4.74 Å². The smallest absolute Gasteiger partial charge is 0.341 e. The van der Waals surface area contributed by atoms with Crippen molar-refractivity contribution in [3.05, 3.63) is 39.4 Å². The van der Waals surface area contributed by atoms with E-state index in [4.69, 9.17) is 4.74 Å². The number of fused-ring (bicyclic) bond motifs is 1. The van der Waals surface area contributed by atoms with Crippen molar-refractivity contribution < 1.29 is 24.1 Å². The number of halogens is 1. The number of aliphatic hydroxyl groups excluding tert-OH is 1. The summed E-state index contributed by atoms with van der Waals surface area (Å²) in [4.78, 5) is 26.2. The van der Waals surface area contributed by atoms with Crippen LogP contribution in [-0.4, -0.2) is 53.7 Å². The van der Waals surface area contributed by atoms with Gasteiger partial charge in [-0.05, 0) is 51.2 Å². The minimum Gasteiger partial charge on any atom is -0.477 e. The molecular formula is C22H29FN2O5. The molecule has 8 heteroatoms. The Morgan fingerprint density at radius 1 is 1.33 bits per heavy atom. The number of aliphatic hydroxyl groups is 1. The van der Waals surface area contributed by atoms with Crippen LogP contribution in [0.4, 0.5) is 10.1 Å². The maximum atomic E-state index is 15.3. The first-order valence-corrected chi connectivity index (χ1v) is 10.5. The zero-order valence-corrected chi connectivity index (χ0v) is 17.5. The van der Waals surface area contributed by atoms with E-state index in [-0.39, 0.29) is 23.6 Å². The molecule has 2 aromatic rings. The van der Waals surface area contributed by atoms with Crippen molar-refractivity contribution in [3.63, 3.8) is 0 Å². The highest BCUT2D eigenvalue weighted by Gasteiger charge is 2.29. The average Bonchev–Trinajstić information content (AvgIpc) is 3.54. The third-order valence-corrected chi connectivity index (χ3v) is 5.47. The zero-order chi connectivity index (χ0) is 21.8. The first kappa shape index (κ1) is 22.2. The number of hydrogen-bond acceptors (Lipinski definition) is 5. The molecule has 164 valence electrons. The molecule has 0 spiro atoms. The summed E-state index contributed by atoms with van der Waals surface area (Å²) >= 11 is 0. The molecule has 1 aliphatic rings. The number of hydrogen-bond donors (Lipinski definition) is 2. The molecule has 30 heavy (non-hydrogen) atoms.